The maximum Gasteiger partial charge on any atom is 0.418 e. The number of thioether (sulfide) groups is 1. The molecule has 12 heteroatoms. The highest BCUT2D eigenvalue weighted by Gasteiger charge is 2.34. The Bertz CT molecular complexity index is 1390. The molecule has 38 heavy (non-hydrogen) atoms. The maximum absolute atomic E-state index is 13.3. The molecule has 0 saturated carbocycles. The Kier molecular flexibility index (Phi) is 8.79. The van der Waals surface area contributed by atoms with Crippen LogP contribution in [-0.4, -0.2) is 39.2 Å². The van der Waals surface area contributed by atoms with E-state index < -0.39 is 46.3 Å². The number of hydrogen-bond acceptors (Lipinski definition) is 5. The van der Waals surface area contributed by atoms with Crippen molar-refractivity contribution in [1.82, 2.24) is 0 Å². The molecule has 0 heterocycles. The van der Waals surface area contributed by atoms with Crippen LogP contribution in [0.15, 0.2) is 71.6 Å². The van der Waals surface area contributed by atoms with Gasteiger partial charge in [-0.05, 0) is 55.0 Å². The van der Waals surface area contributed by atoms with Crippen LogP contribution in [0.5, 0.6) is 0 Å². The summed E-state index contributed by atoms with van der Waals surface area (Å²) in [5.41, 5.74) is -2.09. The third kappa shape index (κ3) is 6.91. The first kappa shape index (κ1) is 28.3. The number of carbonyl (C=O) groups excluding carboxylic acids is 2. The predicted molar refractivity (Wildman–Crippen MR) is 135 cm³/mol. The highest BCUT2D eigenvalue weighted by atomic mass is 32.2. The third-order valence-corrected chi connectivity index (χ3v) is 6.62. The Hall–Kier alpha value is -4.32. The van der Waals surface area contributed by atoms with Gasteiger partial charge in [-0.25, -0.2) is 9.59 Å². The molecule has 3 rings (SSSR count). The van der Waals surface area contributed by atoms with Gasteiger partial charge in [0.05, 0.1) is 33.2 Å². The van der Waals surface area contributed by atoms with E-state index in [0.717, 1.165) is 36.0 Å². The van der Waals surface area contributed by atoms with E-state index >= 15 is 0 Å². The second-order valence-corrected chi connectivity index (χ2v) is 9.18. The molecule has 3 aromatic carbocycles. The zero-order valence-corrected chi connectivity index (χ0v) is 20.5. The molecule has 198 valence electrons. The zero-order chi connectivity index (χ0) is 28.0. The molecule has 2 amide bonds. The number of amides is 2. The lowest BCUT2D eigenvalue weighted by Crippen LogP contribution is -2.26. The number of benzene rings is 3. The number of carboxylic acids is 2. The number of nitrogens with one attached hydrogen (secondary N) is 2. The Labute approximate surface area is 218 Å². The summed E-state index contributed by atoms with van der Waals surface area (Å²) in [4.78, 5) is 48.7. The van der Waals surface area contributed by atoms with Crippen molar-refractivity contribution in [3.8, 4) is 0 Å². The molecule has 1 atom stereocenters. The van der Waals surface area contributed by atoms with Crippen LogP contribution in [0, 0.1) is 0 Å². The number of halogens is 3. The number of para-hydroxylation sites is 1. The molecular weight excluding hydrogens is 525 g/mol. The first-order valence-corrected chi connectivity index (χ1v) is 11.9. The van der Waals surface area contributed by atoms with Gasteiger partial charge in [0.2, 0.25) is 5.91 Å². The molecule has 3 aromatic rings. The number of carbonyl (C=O) groups is 4. The van der Waals surface area contributed by atoms with Gasteiger partial charge in [0.25, 0.3) is 5.91 Å². The van der Waals surface area contributed by atoms with Crippen LogP contribution in [0.2, 0.25) is 0 Å². The quantitative estimate of drug-likeness (QED) is 0.247. The van der Waals surface area contributed by atoms with E-state index in [4.69, 9.17) is 5.11 Å². The average molecular weight is 547 g/mol. The number of aromatic carboxylic acids is 2. The molecule has 0 spiro atoms. The van der Waals surface area contributed by atoms with Gasteiger partial charge >= 0.3 is 18.1 Å². The first-order chi connectivity index (χ1) is 17.9. The van der Waals surface area contributed by atoms with Gasteiger partial charge in [-0.15, -0.1) is 11.8 Å². The van der Waals surface area contributed by atoms with Crippen LogP contribution >= 0.6 is 11.8 Å². The van der Waals surface area contributed by atoms with Crippen LogP contribution in [0.1, 0.15) is 50.0 Å². The average Bonchev–Trinajstić information content (AvgIpc) is 2.86. The van der Waals surface area contributed by atoms with Crippen molar-refractivity contribution in [3.63, 3.8) is 0 Å². The molecule has 8 nitrogen and oxygen atoms in total. The van der Waals surface area contributed by atoms with E-state index in [2.05, 4.69) is 10.6 Å². The van der Waals surface area contributed by atoms with Gasteiger partial charge in [0.15, 0.2) is 0 Å². The van der Waals surface area contributed by atoms with Gasteiger partial charge in [0, 0.05) is 10.6 Å². The first-order valence-electron chi connectivity index (χ1n) is 11.1. The van der Waals surface area contributed by atoms with Crippen molar-refractivity contribution in [3.05, 3.63) is 89.0 Å². The highest BCUT2D eigenvalue weighted by Crippen LogP contribution is 2.35. The second-order valence-electron chi connectivity index (χ2n) is 7.90. The maximum atomic E-state index is 13.3. The van der Waals surface area contributed by atoms with Crippen LogP contribution in [0.4, 0.5) is 24.5 Å². The van der Waals surface area contributed by atoms with E-state index in [9.17, 15) is 37.5 Å². The smallest absolute Gasteiger partial charge is 0.418 e. The van der Waals surface area contributed by atoms with E-state index in [1.165, 1.54) is 30.3 Å². The van der Waals surface area contributed by atoms with Gasteiger partial charge in [-0.2, -0.15) is 13.2 Å². The second kappa shape index (κ2) is 11.8. The summed E-state index contributed by atoms with van der Waals surface area (Å²) >= 11 is 1.08. The molecular formula is C26H21F3N2O6S. The van der Waals surface area contributed by atoms with E-state index in [0.29, 0.717) is 11.3 Å². The highest BCUT2D eigenvalue weighted by molar-refractivity contribution is 8.00. The van der Waals surface area contributed by atoms with Gasteiger partial charge in [0.1, 0.15) is 0 Å². The third-order valence-electron chi connectivity index (χ3n) is 5.27. The molecule has 0 aromatic heterocycles. The van der Waals surface area contributed by atoms with Crippen molar-refractivity contribution in [1.29, 1.82) is 0 Å². The summed E-state index contributed by atoms with van der Waals surface area (Å²) in [6.45, 7) is 1.70. The van der Waals surface area contributed by atoms with Crippen molar-refractivity contribution in [2.45, 2.75) is 29.7 Å². The van der Waals surface area contributed by atoms with Crippen molar-refractivity contribution >= 4 is 46.9 Å². The van der Waals surface area contributed by atoms with Gasteiger partial charge in [-0.1, -0.05) is 25.1 Å². The summed E-state index contributed by atoms with van der Waals surface area (Å²) in [6.07, 6.45) is -4.35. The fraction of sp³-hybridized carbons (Fsp3) is 0.154. The number of carboxylic acid groups (broad SMARTS) is 2. The lowest BCUT2D eigenvalue weighted by Gasteiger charge is -2.18. The lowest BCUT2D eigenvalue weighted by atomic mass is 10.0. The Morgan fingerprint density at radius 3 is 2.21 bits per heavy atom. The monoisotopic (exact) mass is 546 g/mol. The molecule has 0 aliphatic carbocycles. The van der Waals surface area contributed by atoms with Crippen LogP contribution in [-0.2, 0) is 11.0 Å². The SMILES string of the molecule is CCC(Sc1cccc(NC(=O)c2ccc(C(=O)O)cc2C(=O)O)c1)C(=O)Nc1ccccc1C(F)(F)F. The molecule has 0 fully saturated rings. The number of hydrogen-bond donors (Lipinski definition) is 4. The zero-order valence-electron chi connectivity index (χ0n) is 19.7. The van der Waals surface area contributed by atoms with Crippen LogP contribution < -0.4 is 10.6 Å². The Morgan fingerprint density at radius 2 is 1.58 bits per heavy atom. The van der Waals surface area contributed by atoms with E-state index in [1.807, 2.05) is 0 Å². The van der Waals surface area contributed by atoms with Crippen molar-refractivity contribution in [2.75, 3.05) is 10.6 Å². The Morgan fingerprint density at radius 1 is 0.868 bits per heavy atom. The van der Waals surface area contributed by atoms with Crippen molar-refractivity contribution in [2.24, 2.45) is 0 Å². The lowest BCUT2D eigenvalue weighted by molar-refractivity contribution is -0.137. The molecule has 0 aliphatic rings. The summed E-state index contributed by atoms with van der Waals surface area (Å²) in [5, 5.41) is 22.6. The largest absolute Gasteiger partial charge is 0.478 e. The van der Waals surface area contributed by atoms with Crippen LogP contribution in [0.25, 0.3) is 0 Å². The van der Waals surface area contributed by atoms with Crippen molar-refractivity contribution < 1.29 is 42.6 Å². The van der Waals surface area contributed by atoms with Gasteiger partial charge < -0.3 is 20.8 Å². The molecule has 4 N–H and O–H groups in total. The Balaban J connectivity index is 1.76. The molecule has 0 saturated heterocycles. The molecule has 0 bridgehead atoms. The molecule has 0 radical (unpaired) electrons. The minimum atomic E-state index is -4.64. The van der Waals surface area contributed by atoms with E-state index in [1.54, 1.807) is 19.1 Å². The summed E-state index contributed by atoms with van der Waals surface area (Å²) in [7, 11) is 0. The summed E-state index contributed by atoms with van der Waals surface area (Å²) in [6, 6.07) is 14.0. The van der Waals surface area contributed by atoms with Crippen LogP contribution in [0.3, 0.4) is 0 Å². The predicted octanol–water partition coefficient (Wildman–Crippen LogP) is 5.86. The fourth-order valence-corrected chi connectivity index (χ4v) is 4.45. The van der Waals surface area contributed by atoms with Gasteiger partial charge in [-0.3, -0.25) is 9.59 Å². The number of rotatable bonds is 9. The molecule has 0 aliphatic heterocycles. The fourth-order valence-electron chi connectivity index (χ4n) is 3.44. The summed E-state index contributed by atoms with van der Waals surface area (Å²) < 4.78 is 39.8. The molecule has 1 unspecified atom stereocenters. The topological polar surface area (TPSA) is 133 Å². The minimum Gasteiger partial charge on any atom is -0.478 e. The number of anilines is 2. The minimum absolute atomic E-state index is 0.255. The number of alkyl halides is 3. The standard InChI is InChI=1S/C26H21F3N2O6S/c1-2-21(23(33)31-20-9-4-3-8-19(20)26(27,28)29)38-16-7-5-6-15(13-16)30-22(32)17-11-10-14(24(34)35)12-18(17)25(36)37/h3-13,21H,2H2,1H3,(H,30,32)(H,31,33)(H,34,35)(H,36,37). The summed E-state index contributed by atoms with van der Waals surface area (Å²) in [5.74, 6) is -4.25. The van der Waals surface area contributed by atoms with E-state index in [-0.39, 0.29) is 22.5 Å². The normalized spacial score (nSPS) is 11.9.